The molecule has 3 N–H and O–H groups in total. The molecule has 1 atom stereocenters. The molecule has 164 valence electrons. The molecule has 1 aliphatic heterocycles. The predicted molar refractivity (Wildman–Crippen MR) is 123 cm³/mol. The first-order valence-corrected chi connectivity index (χ1v) is 10.4. The van der Waals surface area contributed by atoms with Crippen molar-refractivity contribution in [3.8, 4) is 17.1 Å². The van der Waals surface area contributed by atoms with Crippen LogP contribution in [0.4, 0.5) is 16.0 Å². The number of benzene rings is 3. The van der Waals surface area contributed by atoms with Gasteiger partial charge in [0.05, 0.1) is 5.57 Å². The SMILES string of the molecule is CC1=C(C(=O)Nc2ccccc2)C(c2ccc(F)cc2)n2nc(-c3cccc(O)c3)nc2N1. The van der Waals surface area contributed by atoms with E-state index >= 15 is 0 Å². The summed E-state index contributed by atoms with van der Waals surface area (Å²) in [5.41, 5.74) is 3.02. The number of rotatable bonds is 4. The number of carbonyl (C=O) groups is 1. The van der Waals surface area contributed by atoms with E-state index in [2.05, 4.69) is 20.7 Å². The molecule has 0 saturated heterocycles. The number of hydrogen-bond acceptors (Lipinski definition) is 5. The van der Waals surface area contributed by atoms with Gasteiger partial charge in [-0.2, -0.15) is 4.98 Å². The van der Waals surface area contributed by atoms with E-state index in [9.17, 15) is 14.3 Å². The van der Waals surface area contributed by atoms with E-state index < -0.39 is 6.04 Å². The average molecular weight is 441 g/mol. The van der Waals surface area contributed by atoms with Gasteiger partial charge in [-0.3, -0.25) is 4.79 Å². The highest BCUT2D eigenvalue weighted by Crippen LogP contribution is 2.37. The average Bonchev–Trinajstić information content (AvgIpc) is 3.23. The number of phenolic OH excluding ortho intramolecular Hbond substituents is 1. The number of nitrogens with one attached hydrogen (secondary N) is 2. The van der Waals surface area contributed by atoms with Crippen molar-refractivity contribution in [3.63, 3.8) is 0 Å². The zero-order valence-corrected chi connectivity index (χ0v) is 17.7. The van der Waals surface area contributed by atoms with Crippen LogP contribution in [0.5, 0.6) is 5.75 Å². The van der Waals surface area contributed by atoms with Crippen LogP contribution in [0.25, 0.3) is 11.4 Å². The Hall–Kier alpha value is -4.46. The van der Waals surface area contributed by atoms with E-state index in [1.807, 2.05) is 18.2 Å². The van der Waals surface area contributed by atoms with Crippen LogP contribution in [0, 0.1) is 5.82 Å². The molecular formula is C25H20FN5O2. The molecule has 2 heterocycles. The van der Waals surface area contributed by atoms with Crippen molar-refractivity contribution in [2.45, 2.75) is 13.0 Å². The van der Waals surface area contributed by atoms with E-state index in [1.54, 1.807) is 60.1 Å². The van der Waals surface area contributed by atoms with E-state index in [1.165, 1.54) is 12.1 Å². The first-order valence-electron chi connectivity index (χ1n) is 10.4. The molecule has 1 amide bonds. The van der Waals surface area contributed by atoms with Crippen molar-refractivity contribution in [3.05, 3.63) is 102 Å². The molecule has 1 aliphatic rings. The minimum Gasteiger partial charge on any atom is -0.508 e. The molecule has 3 aromatic carbocycles. The first-order chi connectivity index (χ1) is 16.0. The highest BCUT2D eigenvalue weighted by molar-refractivity contribution is 6.06. The first kappa shape index (κ1) is 20.4. The fourth-order valence-corrected chi connectivity index (χ4v) is 3.89. The Morgan fingerprint density at radius 3 is 2.55 bits per heavy atom. The van der Waals surface area contributed by atoms with Crippen molar-refractivity contribution in [1.82, 2.24) is 14.8 Å². The maximum atomic E-state index is 13.7. The van der Waals surface area contributed by atoms with Crippen LogP contribution in [0.3, 0.4) is 0 Å². The van der Waals surface area contributed by atoms with Crippen LogP contribution in [-0.4, -0.2) is 25.8 Å². The highest BCUT2D eigenvalue weighted by Gasteiger charge is 2.34. The minimum atomic E-state index is -0.635. The minimum absolute atomic E-state index is 0.0977. The molecule has 0 bridgehead atoms. The van der Waals surface area contributed by atoms with Gasteiger partial charge in [-0.1, -0.05) is 42.5 Å². The summed E-state index contributed by atoms with van der Waals surface area (Å²) in [7, 11) is 0. The molecular weight excluding hydrogens is 421 g/mol. The van der Waals surface area contributed by atoms with E-state index in [-0.39, 0.29) is 17.5 Å². The molecule has 7 nitrogen and oxygen atoms in total. The second-order valence-electron chi connectivity index (χ2n) is 7.69. The molecule has 33 heavy (non-hydrogen) atoms. The molecule has 0 fully saturated rings. The maximum Gasteiger partial charge on any atom is 0.255 e. The zero-order chi connectivity index (χ0) is 22.9. The Labute approximate surface area is 189 Å². The summed E-state index contributed by atoms with van der Waals surface area (Å²) in [5.74, 6) is 0.249. The maximum absolute atomic E-state index is 13.7. The fourth-order valence-electron chi connectivity index (χ4n) is 3.89. The quantitative estimate of drug-likeness (QED) is 0.426. The standard InChI is InChI=1S/C25H20FN5O2/c1-15-21(24(33)28-19-7-3-2-4-8-19)22(16-10-12-18(26)13-11-16)31-25(27-15)29-23(30-31)17-6-5-9-20(32)14-17/h2-14,22,32H,1H3,(H,28,33)(H,27,29,30). The van der Waals surface area contributed by atoms with Crippen molar-refractivity contribution in [1.29, 1.82) is 0 Å². The summed E-state index contributed by atoms with van der Waals surface area (Å²) >= 11 is 0. The van der Waals surface area contributed by atoms with Gasteiger partial charge in [0.2, 0.25) is 5.95 Å². The molecule has 5 rings (SSSR count). The van der Waals surface area contributed by atoms with Gasteiger partial charge in [0.25, 0.3) is 5.91 Å². The summed E-state index contributed by atoms with van der Waals surface area (Å²) < 4.78 is 15.3. The van der Waals surface area contributed by atoms with Gasteiger partial charge >= 0.3 is 0 Å². The Balaban J connectivity index is 1.61. The predicted octanol–water partition coefficient (Wildman–Crippen LogP) is 4.72. The number of para-hydroxylation sites is 1. The number of aromatic hydroxyl groups is 1. The molecule has 0 spiro atoms. The number of fused-ring (bicyclic) bond motifs is 1. The number of nitrogens with zero attached hydrogens (tertiary/aromatic N) is 3. The Morgan fingerprint density at radius 1 is 1.06 bits per heavy atom. The second-order valence-corrected chi connectivity index (χ2v) is 7.69. The van der Waals surface area contributed by atoms with Crippen molar-refractivity contribution in [2.24, 2.45) is 0 Å². The smallest absolute Gasteiger partial charge is 0.255 e. The molecule has 1 unspecified atom stereocenters. The molecule has 4 aromatic rings. The van der Waals surface area contributed by atoms with Crippen LogP contribution >= 0.6 is 0 Å². The zero-order valence-electron chi connectivity index (χ0n) is 17.7. The number of amides is 1. The summed E-state index contributed by atoms with van der Waals surface area (Å²) in [6.07, 6.45) is 0. The summed E-state index contributed by atoms with van der Waals surface area (Å²) in [6.45, 7) is 1.79. The fraction of sp³-hybridized carbons (Fsp3) is 0.0800. The monoisotopic (exact) mass is 441 g/mol. The highest BCUT2D eigenvalue weighted by atomic mass is 19.1. The van der Waals surface area contributed by atoms with Gasteiger partial charge in [0.1, 0.15) is 17.6 Å². The topological polar surface area (TPSA) is 92.1 Å². The molecule has 0 saturated carbocycles. The van der Waals surface area contributed by atoms with Crippen molar-refractivity contribution >= 4 is 17.5 Å². The van der Waals surface area contributed by atoms with Crippen LogP contribution in [0.15, 0.2) is 90.1 Å². The Morgan fingerprint density at radius 2 is 1.82 bits per heavy atom. The normalized spacial score (nSPS) is 15.0. The summed E-state index contributed by atoms with van der Waals surface area (Å²) in [6, 6.07) is 21.1. The largest absolute Gasteiger partial charge is 0.508 e. The number of aromatic nitrogens is 3. The summed E-state index contributed by atoms with van der Waals surface area (Å²) in [4.78, 5) is 18.0. The molecule has 1 aromatic heterocycles. The lowest BCUT2D eigenvalue weighted by Crippen LogP contribution is -2.31. The third kappa shape index (κ3) is 3.94. The van der Waals surface area contributed by atoms with Gasteiger partial charge in [0.15, 0.2) is 5.82 Å². The number of allylic oxidation sites excluding steroid dienone is 1. The van der Waals surface area contributed by atoms with Gasteiger partial charge in [-0.15, -0.1) is 5.10 Å². The Kier molecular flexibility index (Phi) is 5.10. The lowest BCUT2D eigenvalue weighted by molar-refractivity contribution is -0.113. The lowest BCUT2D eigenvalue weighted by Gasteiger charge is -2.28. The number of hydrogen-bond donors (Lipinski definition) is 3. The lowest BCUT2D eigenvalue weighted by atomic mass is 9.95. The van der Waals surface area contributed by atoms with Crippen LogP contribution in [0.2, 0.25) is 0 Å². The van der Waals surface area contributed by atoms with Crippen LogP contribution < -0.4 is 10.6 Å². The number of halogens is 1. The third-order valence-electron chi connectivity index (χ3n) is 5.42. The number of carbonyl (C=O) groups excluding carboxylic acids is 1. The van der Waals surface area contributed by atoms with E-state index in [0.29, 0.717) is 39.9 Å². The molecule has 0 radical (unpaired) electrons. The van der Waals surface area contributed by atoms with Gasteiger partial charge in [0, 0.05) is 16.9 Å². The van der Waals surface area contributed by atoms with Gasteiger partial charge in [-0.05, 0) is 48.9 Å². The molecule has 8 heteroatoms. The van der Waals surface area contributed by atoms with Crippen LogP contribution in [-0.2, 0) is 4.79 Å². The molecule has 0 aliphatic carbocycles. The summed E-state index contributed by atoms with van der Waals surface area (Å²) in [5, 5.41) is 20.6. The Bertz CT molecular complexity index is 1360. The van der Waals surface area contributed by atoms with Crippen molar-refractivity contribution < 1.29 is 14.3 Å². The van der Waals surface area contributed by atoms with Gasteiger partial charge < -0.3 is 15.7 Å². The van der Waals surface area contributed by atoms with Crippen LogP contribution in [0.1, 0.15) is 18.5 Å². The number of anilines is 2. The van der Waals surface area contributed by atoms with E-state index in [4.69, 9.17) is 0 Å². The van der Waals surface area contributed by atoms with Crippen molar-refractivity contribution in [2.75, 3.05) is 10.6 Å². The second kappa shape index (κ2) is 8.23. The third-order valence-corrected chi connectivity index (χ3v) is 5.42. The van der Waals surface area contributed by atoms with Gasteiger partial charge in [-0.25, -0.2) is 9.07 Å². The van der Waals surface area contributed by atoms with E-state index in [0.717, 1.165) is 0 Å². The number of phenols is 1.